The molecule has 1 aromatic carbocycles. The van der Waals surface area contributed by atoms with E-state index < -0.39 is 0 Å². The third kappa shape index (κ3) is 3.11. The molecule has 4 aromatic heterocycles. The molecule has 0 amide bonds. The van der Waals surface area contributed by atoms with Gasteiger partial charge < -0.3 is 9.40 Å². The smallest absolute Gasteiger partial charge is 0.249 e. The van der Waals surface area contributed by atoms with Gasteiger partial charge >= 0.3 is 0 Å². The number of aromatic amines is 1. The topological polar surface area (TPSA) is 76.1 Å². The zero-order valence-corrected chi connectivity index (χ0v) is 16.5. The molecule has 0 saturated carbocycles. The fourth-order valence-corrected chi connectivity index (χ4v) is 3.74. The van der Waals surface area contributed by atoms with Gasteiger partial charge in [0.1, 0.15) is 22.1 Å². The fourth-order valence-electron chi connectivity index (χ4n) is 3.49. The van der Waals surface area contributed by atoms with E-state index in [9.17, 15) is 4.79 Å². The van der Waals surface area contributed by atoms with E-state index in [2.05, 4.69) is 14.8 Å². The normalized spacial score (nSPS) is 11.1. The fraction of sp³-hybridized carbons (Fsp3) is 0.0435. The van der Waals surface area contributed by atoms with Crippen molar-refractivity contribution in [3.8, 4) is 22.6 Å². The summed E-state index contributed by atoms with van der Waals surface area (Å²) in [4.78, 5) is 27.0. The molecule has 30 heavy (non-hydrogen) atoms. The van der Waals surface area contributed by atoms with E-state index in [1.165, 1.54) is 6.07 Å². The predicted octanol–water partition coefficient (Wildman–Crippen LogP) is 5.91. The molecule has 4 heterocycles. The highest BCUT2D eigenvalue weighted by Crippen LogP contribution is 2.37. The van der Waals surface area contributed by atoms with Crippen LogP contribution in [0.2, 0.25) is 5.15 Å². The van der Waals surface area contributed by atoms with Crippen LogP contribution in [-0.4, -0.2) is 15.0 Å². The van der Waals surface area contributed by atoms with Crippen LogP contribution in [0.25, 0.3) is 49.4 Å². The number of H-pyrrole nitrogens is 1. The summed E-state index contributed by atoms with van der Waals surface area (Å²) < 4.78 is 6.05. The van der Waals surface area contributed by atoms with Crippen LogP contribution in [0.4, 0.5) is 5.69 Å². The first kappa shape index (κ1) is 18.1. The maximum Gasteiger partial charge on any atom is 0.249 e. The van der Waals surface area contributed by atoms with Crippen LogP contribution in [0.3, 0.4) is 0 Å². The molecule has 0 spiro atoms. The van der Waals surface area contributed by atoms with E-state index >= 15 is 0 Å². The Hall–Kier alpha value is -3.95. The summed E-state index contributed by atoms with van der Waals surface area (Å²) >= 11 is 6.20. The minimum Gasteiger partial charge on any atom is -0.455 e. The lowest BCUT2D eigenvalue weighted by atomic mass is 10.0. The highest BCUT2D eigenvalue weighted by molar-refractivity contribution is 6.29. The van der Waals surface area contributed by atoms with Gasteiger partial charge in [-0.3, -0.25) is 4.79 Å². The van der Waals surface area contributed by atoms with Crippen molar-refractivity contribution in [1.29, 1.82) is 0 Å². The molecule has 5 rings (SSSR count). The number of rotatable bonds is 2. The van der Waals surface area contributed by atoms with E-state index in [0.29, 0.717) is 33.5 Å². The summed E-state index contributed by atoms with van der Waals surface area (Å²) in [5.41, 5.74) is 4.38. The quantitative estimate of drug-likeness (QED) is 0.289. The average Bonchev–Trinajstić information content (AvgIpc) is 3.15. The lowest BCUT2D eigenvalue weighted by molar-refractivity contribution is 0.629. The first-order valence-electron chi connectivity index (χ1n) is 9.10. The van der Waals surface area contributed by atoms with Gasteiger partial charge in [-0.15, -0.1) is 0 Å². The lowest BCUT2D eigenvalue weighted by Gasteiger charge is -2.10. The summed E-state index contributed by atoms with van der Waals surface area (Å²) in [6, 6.07) is 15.9. The minimum atomic E-state index is -0.234. The van der Waals surface area contributed by atoms with Gasteiger partial charge in [-0.2, -0.15) is 0 Å². The molecule has 0 radical (unpaired) electrons. The van der Waals surface area contributed by atoms with E-state index in [0.717, 1.165) is 27.6 Å². The van der Waals surface area contributed by atoms with Crippen LogP contribution in [0, 0.1) is 13.5 Å². The van der Waals surface area contributed by atoms with Crippen LogP contribution >= 0.6 is 11.6 Å². The zero-order valence-electron chi connectivity index (χ0n) is 15.7. The number of aromatic nitrogens is 3. The highest BCUT2D eigenvalue weighted by atomic mass is 35.5. The first-order valence-corrected chi connectivity index (χ1v) is 9.48. The van der Waals surface area contributed by atoms with Crippen molar-refractivity contribution in [3.63, 3.8) is 0 Å². The molecule has 6 nitrogen and oxygen atoms in total. The summed E-state index contributed by atoms with van der Waals surface area (Å²) in [6.07, 6.45) is 0. The third-order valence-electron chi connectivity index (χ3n) is 4.80. The average molecular weight is 413 g/mol. The number of halogens is 1. The number of hydrogen-bond donors (Lipinski definition) is 1. The van der Waals surface area contributed by atoms with Crippen molar-refractivity contribution < 1.29 is 4.42 Å². The van der Waals surface area contributed by atoms with Crippen molar-refractivity contribution in [2.45, 2.75) is 6.92 Å². The SMILES string of the molecule is [C-]#[N+]c1ccc2oc(-c3nc4[nH]c(=O)ccc4cc3-c3cc(C)nc(Cl)c3)cc2c1. The molecule has 0 aliphatic carbocycles. The Balaban J connectivity index is 1.83. The predicted molar refractivity (Wildman–Crippen MR) is 117 cm³/mol. The van der Waals surface area contributed by atoms with Crippen molar-refractivity contribution in [1.82, 2.24) is 15.0 Å². The minimum absolute atomic E-state index is 0.234. The Bertz CT molecular complexity index is 1540. The van der Waals surface area contributed by atoms with Gasteiger partial charge in [0.05, 0.1) is 6.57 Å². The standard InChI is InChI=1S/C23H13ClN4O2/c1-12-7-14(11-20(24)26-12)17-9-13-3-6-21(29)27-23(13)28-22(17)19-10-15-8-16(25-2)4-5-18(15)30-19/h3-11H,1H3,(H,27,28,29). The molecule has 0 saturated heterocycles. The van der Waals surface area contributed by atoms with Crippen molar-refractivity contribution in [2.24, 2.45) is 0 Å². The second-order valence-corrected chi connectivity index (χ2v) is 7.30. The Kier molecular flexibility index (Phi) is 4.12. The number of hydrogen-bond acceptors (Lipinski definition) is 4. The number of nitrogens with one attached hydrogen (secondary N) is 1. The van der Waals surface area contributed by atoms with E-state index in [-0.39, 0.29) is 5.56 Å². The Labute approximate surface area is 175 Å². The molecule has 0 bridgehead atoms. The molecule has 0 unspecified atom stereocenters. The molecular weight excluding hydrogens is 400 g/mol. The molecule has 1 N–H and O–H groups in total. The van der Waals surface area contributed by atoms with E-state index in [1.807, 2.05) is 25.1 Å². The Morgan fingerprint density at radius 1 is 1.03 bits per heavy atom. The number of pyridine rings is 3. The van der Waals surface area contributed by atoms with Gasteiger partial charge in [-0.05, 0) is 55.0 Å². The van der Waals surface area contributed by atoms with Crippen LogP contribution in [-0.2, 0) is 0 Å². The summed E-state index contributed by atoms with van der Waals surface area (Å²) in [7, 11) is 0. The van der Waals surface area contributed by atoms with Gasteiger partial charge in [0.15, 0.2) is 11.4 Å². The van der Waals surface area contributed by atoms with E-state index in [4.69, 9.17) is 27.6 Å². The molecule has 5 aromatic rings. The number of nitrogens with zero attached hydrogens (tertiary/aromatic N) is 3. The van der Waals surface area contributed by atoms with Gasteiger partial charge in [0, 0.05) is 28.1 Å². The molecule has 0 atom stereocenters. The Morgan fingerprint density at radius 2 is 1.90 bits per heavy atom. The maximum absolute atomic E-state index is 11.8. The van der Waals surface area contributed by atoms with Crippen molar-refractivity contribution >= 4 is 39.3 Å². The zero-order chi connectivity index (χ0) is 20.8. The number of benzene rings is 1. The number of aryl methyl sites for hydroxylation is 1. The van der Waals surface area contributed by atoms with Crippen LogP contribution in [0.15, 0.2) is 63.8 Å². The summed E-state index contributed by atoms with van der Waals surface area (Å²) in [5.74, 6) is 0.527. The second-order valence-electron chi connectivity index (χ2n) is 6.91. The molecule has 0 fully saturated rings. The van der Waals surface area contributed by atoms with Gasteiger partial charge in [-0.25, -0.2) is 14.8 Å². The first-order chi connectivity index (χ1) is 14.5. The van der Waals surface area contributed by atoms with Crippen LogP contribution in [0.1, 0.15) is 5.69 Å². The largest absolute Gasteiger partial charge is 0.455 e. The Morgan fingerprint density at radius 3 is 2.70 bits per heavy atom. The lowest BCUT2D eigenvalue weighted by Crippen LogP contribution is -2.04. The monoisotopic (exact) mass is 412 g/mol. The van der Waals surface area contributed by atoms with Crippen molar-refractivity contribution in [2.75, 3.05) is 0 Å². The van der Waals surface area contributed by atoms with Gasteiger partial charge in [0.25, 0.3) is 0 Å². The highest BCUT2D eigenvalue weighted by Gasteiger charge is 2.17. The summed E-state index contributed by atoms with van der Waals surface area (Å²) in [5, 5.41) is 1.96. The number of fused-ring (bicyclic) bond motifs is 2. The van der Waals surface area contributed by atoms with Crippen LogP contribution in [0.5, 0.6) is 0 Å². The molecule has 144 valence electrons. The van der Waals surface area contributed by atoms with Crippen molar-refractivity contribution in [3.05, 3.63) is 87.2 Å². The summed E-state index contributed by atoms with van der Waals surface area (Å²) in [6.45, 7) is 9.09. The van der Waals surface area contributed by atoms with Gasteiger partial charge in [0.2, 0.25) is 5.56 Å². The molecule has 7 heteroatoms. The molecular formula is C23H13ClN4O2. The molecule has 0 aliphatic rings. The third-order valence-corrected chi connectivity index (χ3v) is 5.00. The van der Waals surface area contributed by atoms with Gasteiger partial charge in [-0.1, -0.05) is 17.7 Å². The maximum atomic E-state index is 11.8. The number of furan rings is 1. The van der Waals surface area contributed by atoms with E-state index in [1.54, 1.807) is 30.3 Å². The second kappa shape index (κ2) is 6.83. The molecule has 0 aliphatic heterocycles. The van der Waals surface area contributed by atoms with Crippen LogP contribution < -0.4 is 5.56 Å².